The Morgan fingerprint density at radius 1 is 1.60 bits per heavy atom. The highest BCUT2D eigenvalue weighted by Crippen LogP contribution is 2.17. The van der Waals surface area contributed by atoms with E-state index in [-0.39, 0.29) is 13.2 Å². The summed E-state index contributed by atoms with van der Waals surface area (Å²) in [6.45, 7) is 2.19. The van der Waals surface area contributed by atoms with Crippen LogP contribution in [-0.4, -0.2) is 61.9 Å². The third-order valence-electron chi connectivity index (χ3n) is 2.50. The highest BCUT2D eigenvalue weighted by molar-refractivity contribution is 5.70. The minimum absolute atomic E-state index is 0.168. The maximum atomic E-state index is 11.3. The van der Waals surface area contributed by atoms with Crippen LogP contribution in [0.2, 0.25) is 0 Å². The van der Waals surface area contributed by atoms with Gasteiger partial charge in [0, 0.05) is 14.2 Å². The number of nitrogens with zero attached hydrogens (tertiary/aromatic N) is 1. The van der Waals surface area contributed by atoms with Crippen LogP contribution in [-0.2, 0) is 14.2 Å². The summed E-state index contributed by atoms with van der Waals surface area (Å²) >= 11 is 0. The number of rotatable bonds is 5. The van der Waals surface area contributed by atoms with Crippen LogP contribution in [0.4, 0.5) is 4.79 Å². The first-order valence-electron chi connectivity index (χ1n) is 4.71. The average molecular weight is 219 g/mol. The third kappa shape index (κ3) is 2.80. The van der Waals surface area contributed by atoms with E-state index in [9.17, 15) is 4.79 Å². The van der Waals surface area contributed by atoms with Gasteiger partial charge in [-0.3, -0.25) is 4.90 Å². The summed E-state index contributed by atoms with van der Waals surface area (Å²) in [7, 11) is 3.02. The van der Waals surface area contributed by atoms with Crippen LogP contribution in [0.1, 0.15) is 6.92 Å². The normalized spacial score (nSPS) is 22.0. The Balaban J connectivity index is 2.55. The highest BCUT2D eigenvalue weighted by atomic mass is 16.7. The molecule has 0 aromatic rings. The fourth-order valence-corrected chi connectivity index (χ4v) is 1.36. The Labute approximate surface area is 88.7 Å². The molecule has 6 nitrogen and oxygen atoms in total. The summed E-state index contributed by atoms with van der Waals surface area (Å²) in [5.41, 5.74) is 0. The van der Waals surface area contributed by atoms with Crippen molar-refractivity contribution in [1.82, 2.24) is 4.90 Å². The molecule has 1 aliphatic rings. The van der Waals surface area contributed by atoms with Crippen molar-refractivity contribution in [3.05, 3.63) is 0 Å². The topological polar surface area (TPSA) is 68.2 Å². The third-order valence-corrected chi connectivity index (χ3v) is 2.50. The molecule has 0 radical (unpaired) electrons. The molecule has 0 bridgehead atoms. The van der Waals surface area contributed by atoms with E-state index in [1.807, 2.05) is 0 Å². The lowest BCUT2D eigenvalue weighted by molar-refractivity contribution is -0.198. The van der Waals surface area contributed by atoms with E-state index in [1.165, 1.54) is 19.1 Å². The number of cyclic esters (lactones) is 1. The number of aliphatic hydroxyl groups excluding tert-OH is 1. The molecule has 0 aromatic heterocycles. The number of hydrogen-bond donors (Lipinski definition) is 1. The number of carbonyl (C=O) groups is 1. The van der Waals surface area contributed by atoms with Crippen molar-refractivity contribution in [2.75, 3.05) is 33.9 Å². The van der Waals surface area contributed by atoms with Gasteiger partial charge in [0.25, 0.3) is 0 Å². The van der Waals surface area contributed by atoms with Gasteiger partial charge in [-0.05, 0) is 6.92 Å². The Kier molecular flexibility index (Phi) is 3.90. The van der Waals surface area contributed by atoms with E-state index in [0.29, 0.717) is 6.54 Å². The van der Waals surface area contributed by atoms with Gasteiger partial charge in [0.1, 0.15) is 6.10 Å². The van der Waals surface area contributed by atoms with Crippen molar-refractivity contribution in [3.63, 3.8) is 0 Å². The predicted octanol–water partition coefficient (Wildman–Crippen LogP) is -0.192. The second-order valence-corrected chi connectivity index (χ2v) is 3.61. The zero-order valence-electron chi connectivity index (χ0n) is 9.23. The van der Waals surface area contributed by atoms with Crippen LogP contribution in [0.3, 0.4) is 0 Å². The minimum Gasteiger partial charge on any atom is -0.442 e. The Morgan fingerprint density at radius 2 is 2.20 bits per heavy atom. The minimum atomic E-state index is -0.844. The number of aliphatic hydroxyl groups is 1. The van der Waals surface area contributed by atoms with Gasteiger partial charge < -0.3 is 19.3 Å². The molecule has 1 fully saturated rings. The largest absolute Gasteiger partial charge is 0.442 e. The molecule has 1 amide bonds. The molecule has 6 heteroatoms. The van der Waals surface area contributed by atoms with E-state index >= 15 is 0 Å². The Hall–Kier alpha value is -0.850. The SMILES string of the molecule is COC(C)(CN1C[C@@H](CO)OC1=O)OC. The van der Waals surface area contributed by atoms with Crippen molar-refractivity contribution in [1.29, 1.82) is 0 Å². The number of methoxy groups -OCH3 is 2. The van der Waals surface area contributed by atoms with Crippen molar-refractivity contribution in [2.45, 2.75) is 18.8 Å². The summed E-state index contributed by atoms with van der Waals surface area (Å²) in [5, 5.41) is 8.85. The monoisotopic (exact) mass is 219 g/mol. The van der Waals surface area contributed by atoms with E-state index in [4.69, 9.17) is 19.3 Å². The van der Waals surface area contributed by atoms with Crippen molar-refractivity contribution >= 4 is 6.09 Å². The molecule has 0 unspecified atom stereocenters. The van der Waals surface area contributed by atoms with Gasteiger partial charge >= 0.3 is 6.09 Å². The second-order valence-electron chi connectivity index (χ2n) is 3.61. The van der Waals surface area contributed by atoms with Crippen molar-refractivity contribution in [2.24, 2.45) is 0 Å². The molecule has 88 valence electrons. The molecule has 0 aliphatic carbocycles. The Morgan fingerprint density at radius 3 is 2.60 bits per heavy atom. The first kappa shape index (κ1) is 12.2. The maximum absolute atomic E-state index is 11.3. The Bertz CT molecular complexity index is 229. The van der Waals surface area contributed by atoms with Gasteiger partial charge in [0.15, 0.2) is 5.79 Å². The first-order chi connectivity index (χ1) is 7.04. The van der Waals surface area contributed by atoms with Crippen LogP contribution in [0, 0.1) is 0 Å². The van der Waals surface area contributed by atoms with E-state index in [0.717, 1.165) is 0 Å². The molecule has 1 saturated heterocycles. The fraction of sp³-hybridized carbons (Fsp3) is 0.889. The van der Waals surface area contributed by atoms with Gasteiger partial charge in [0.05, 0.1) is 19.7 Å². The van der Waals surface area contributed by atoms with Crippen LogP contribution < -0.4 is 0 Å². The average Bonchev–Trinajstić information content (AvgIpc) is 2.59. The predicted molar refractivity (Wildman–Crippen MR) is 51.4 cm³/mol. The molecule has 0 saturated carbocycles. The molecule has 15 heavy (non-hydrogen) atoms. The van der Waals surface area contributed by atoms with Gasteiger partial charge in [-0.1, -0.05) is 0 Å². The zero-order valence-corrected chi connectivity index (χ0v) is 9.23. The van der Waals surface area contributed by atoms with E-state index in [2.05, 4.69) is 0 Å². The number of hydrogen-bond acceptors (Lipinski definition) is 5. The van der Waals surface area contributed by atoms with Gasteiger partial charge in [-0.15, -0.1) is 0 Å². The summed E-state index contributed by atoms with van der Waals surface area (Å²) < 4.78 is 15.1. The molecule has 1 aliphatic heterocycles. The lowest BCUT2D eigenvalue weighted by Crippen LogP contribution is -2.44. The van der Waals surface area contributed by atoms with Gasteiger partial charge in [0.2, 0.25) is 0 Å². The van der Waals surface area contributed by atoms with Gasteiger partial charge in [-0.2, -0.15) is 0 Å². The molecular formula is C9H17NO5. The standard InChI is InChI=1S/C9H17NO5/c1-9(13-2,14-3)6-10-4-7(5-11)15-8(10)12/h7,11H,4-6H2,1-3H3/t7-/m0/s1. The van der Waals surface area contributed by atoms with Crippen molar-refractivity contribution in [3.8, 4) is 0 Å². The number of amides is 1. The maximum Gasteiger partial charge on any atom is 0.410 e. The number of carbonyl (C=O) groups excluding carboxylic acids is 1. The highest BCUT2D eigenvalue weighted by Gasteiger charge is 2.36. The van der Waals surface area contributed by atoms with E-state index in [1.54, 1.807) is 6.92 Å². The molecule has 1 N–H and O–H groups in total. The quantitative estimate of drug-likeness (QED) is 0.649. The molecule has 1 heterocycles. The molecular weight excluding hydrogens is 202 g/mol. The van der Waals surface area contributed by atoms with Crippen LogP contribution in [0.5, 0.6) is 0 Å². The summed E-state index contributed by atoms with van der Waals surface area (Å²) in [6, 6.07) is 0. The first-order valence-corrected chi connectivity index (χ1v) is 4.71. The molecule has 0 aromatic carbocycles. The van der Waals surface area contributed by atoms with E-state index < -0.39 is 18.0 Å². The van der Waals surface area contributed by atoms with Crippen LogP contribution in [0.25, 0.3) is 0 Å². The van der Waals surface area contributed by atoms with Crippen LogP contribution in [0.15, 0.2) is 0 Å². The summed E-state index contributed by atoms with van der Waals surface area (Å²) in [4.78, 5) is 12.8. The van der Waals surface area contributed by atoms with Gasteiger partial charge in [-0.25, -0.2) is 4.79 Å². The van der Waals surface area contributed by atoms with Crippen LogP contribution >= 0.6 is 0 Å². The smallest absolute Gasteiger partial charge is 0.410 e. The van der Waals surface area contributed by atoms with Crippen molar-refractivity contribution < 1.29 is 24.1 Å². The molecule has 1 atom stereocenters. The fourth-order valence-electron chi connectivity index (χ4n) is 1.36. The summed E-state index contributed by atoms with van der Waals surface area (Å²) in [6.07, 6.45) is -0.898. The molecule has 1 rings (SSSR count). The molecule has 0 spiro atoms. The number of ether oxygens (including phenoxy) is 3. The lowest BCUT2D eigenvalue weighted by atomic mass is 10.3. The summed E-state index contributed by atoms with van der Waals surface area (Å²) in [5.74, 6) is -0.844. The second kappa shape index (κ2) is 4.78. The lowest BCUT2D eigenvalue weighted by Gasteiger charge is -2.29. The zero-order chi connectivity index (χ0) is 11.5.